The molecule has 1 aliphatic heterocycles. The normalized spacial score (nSPS) is 18.0. The lowest BCUT2D eigenvalue weighted by Crippen LogP contribution is -2.60. The molecule has 0 aliphatic carbocycles. The largest absolute Gasteiger partial charge is 0.444 e. The fourth-order valence-electron chi connectivity index (χ4n) is 1.30. The van der Waals surface area contributed by atoms with Crippen LogP contribution in [0.5, 0.6) is 0 Å². The molecule has 0 aromatic carbocycles. The van der Waals surface area contributed by atoms with Crippen LogP contribution in [0, 0.1) is 0 Å². The van der Waals surface area contributed by atoms with Gasteiger partial charge in [-0.15, -0.1) is 12.4 Å². The van der Waals surface area contributed by atoms with E-state index in [-0.39, 0.29) is 12.4 Å². The molecule has 96 valence electrons. The Morgan fingerprint density at radius 1 is 1.50 bits per heavy atom. The molecular weight excluding hydrogens is 232 g/mol. The molecule has 1 heterocycles. The first kappa shape index (κ1) is 15.5. The van der Waals surface area contributed by atoms with Crippen LogP contribution in [0.3, 0.4) is 0 Å². The summed E-state index contributed by atoms with van der Waals surface area (Å²) in [5.74, 6) is 0. The highest BCUT2D eigenvalue weighted by molar-refractivity contribution is 5.85. The molecule has 1 amide bonds. The van der Waals surface area contributed by atoms with Crippen LogP contribution in [-0.2, 0) is 4.74 Å². The number of hydrogen-bond donors (Lipinski definition) is 3. The van der Waals surface area contributed by atoms with Gasteiger partial charge in [0.1, 0.15) is 5.60 Å². The average Bonchev–Trinajstić information content (AvgIpc) is 1.97. The van der Waals surface area contributed by atoms with Crippen molar-refractivity contribution in [3.8, 4) is 0 Å². The lowest BCUT2D eigenvalue weighted by atomic mass is 9.93. The van der Waals surface area contributed by atoms with Gasteiger partial charge in [-0.2, -0.15) is 0 Å². The van der Waals surface area contributed by atoms with E-state index in [1.54, 1.807) is 0 Å². The SMILES string of the molecule is CC(C)(C)OC(=O)NCCC1(O)CNC1.Cl. The van der Waals surface area contributed by atoms with Crippen LogP contribution >= 0.6 is 12.4 Å². The third-order valence-electron chi connectivity index (χ3n) is 2.17. The molecule has 1 fully saturated rings. The van der Waals surface area contributed by atoms with Gasteiger partial charge in [0.2, 0.25) is 0 Å². The van der Waals surface area contributed by atoms with Crippen molar-refractivity contribution >= 4 is 18.5 Å². The Hall–Kier alpha value is -0.520. The number of hydrogen-bond acceptors (Lipinski definition) is 4. The fraction of sp³-hybridized carbons (Fsp3) is 0.900. The predicted molar refractivity (Wildman–Crippen MR) is 63.9 cm³/mol. The Morgan fingerprint density at radius 3 is 2.44 bits per heavy atom. The minimum absolute atomic E-state index is 0. The second-order valence-electron chi connectivity index (χ2n) is 5.01. The molecule has 5 nitrogen and oxygen atoms in total. The second kappa shape index (κ2) is 5.70. The van der Waals surface area contributed by atoms with Crippen molar-refractivity contribution in [3.05, 3.63) is 0 Å². The highest BCUT2D eigenvalue weighted by Crippen LogP contribution is 2.14. The zero-order chi connectivity index (χ0) is 11.5. The maximum atomic E-state index is 11.2. The van der Waals surface area contributed by atoms with Gasteiger partial charge in [-0.3, -0.25) is 0 Å². The number of alkyl carbamates (subject to hydrolysis) is 1. The Balaban J connectivity index is 0.00000225. The summed E-state index contributed by atoms with van der Waals surface area (Å²) in [7, 11) is 0. The highest BCUT2D eigenvalue weighted by Gasteiger charge is 2.33. The van der Waals surface area contributed by atoms with Gasteiger partial charge in [-0.1, -0.05) is 0 Å². The summed E-state index contributed by atoms with van der Waals surface area (Å²) in [6, 6.07) is 0. The lowest BCUT2D eigenvalue weighted by molar-refractivity contribution is -0.0171. The third kappa shape index (κ3) is 5.53. The molecule has 0 aromatic rings. The first-order chi connectivity index (χ1) is 6.81. The minimum atomic E-state index is -0.644. The number of ether oxygens (including phenoxy) is 1. The topological polar surface area (TPSA) is 70.6 Å². The molecule has 0 spiro atoms. The molecule has 0 saturated carbocycles. The number of carbonyl (C=O) groups excluding carboxylic acids is 1. The zero-order valence-electron chi connectivity index (χ0n) is 10.0. The predicted octanol–water partition coefficient (Wildman–Crippen LogP) is 0.657. The molecule has 1 aliphatic rings. The quantitative estimate of drug-likeness (QED) is 0.690. The van der Waals surface area contributed by atoms with E-state index < -0.39 is 17.3 Å². The summed E-state index contributed by atoms with van der Waals surface area (Å²) in [5.41, 5.74) is -1.12. The summed E-state index contributed by atoms with van der Waals surface area (Å²) < 4.78 is 5.06. The molecule has 0 radical (unpaired) electrons. The molecule has 1 saturated heterocycles. The van der Waals surface area contributed by atoms with Crippen molar-refractivity contribution in [1.29, 1.82) is 0 Å². The van der Waals surface area contributed by atoms with Crippen LogP contribution in [0.25, 0.3) is 0 Å². The minimum Gasteiger partial charge on any atom is -0.444 e. The van der Waals surface area contributed by atoms with Gasteiger partial charge in [0.25, 0.3) is 0 Å². The van der Waals surface area contributed by atoms with Gasteiger partial charge in [0.15, 0.2) is 0 Å². The van der Waals surface area contributed by atoms with E-state index in [1.807, 2.05) is 20.8 Å². The van der Waals surface area contributed by atoms with Crippen molar-refractivity contribution in [2.24, 2.45) is 0 Å². The maximum absolute atomic E-state index is 11.2. The number of carbonyl (C=O) groups is 1. The Kier molecular flexibility index (Phi) is 5.52. The summed E-state index contributed by atoms with van der Waals surface area (Å²) >= 11 is 0. The van der Waals surface area contributed by atoms with Gasteiger partial charge in [-0.05, 0) is 27.2 Å². The van der Waals surface area contributed by atoms with Crippen LogP contribution in [0.4, 0.5) is 4.79 Å². The third-order valence-corrected chi connectivity index (χ3v) is 2.17. The maximum Gasteiger partial charge on any atom is 0.407 e. The van der Waals surface area contributed by atoms with Crippen LogP contribution in [0.2, 0.25) is 0 Å². The Morgan fingerprint density at radius 2 is 2.06 bits per heavy atom. The van der Waals surface area contributed by atoms with Crippen molar-refractivity contribution in [3.63, 3.8) is 0 Å². The Bertz CT molecular complexity index is 237. The average molecular weight is 253 g/mol. The molecule has 6 heteroatoms. The van der Waals surface area contributed by atoms with Crippen molar-refractivity contribution in [1.82, 2.24) is 10.6 Å². The van der Waals surface area contributed by atoms with E-state index in [4.69, 9.17) is 4.74 Å². The fourth-order valence-corrected chi connectivity index (χ4v) is 1.30. The number of nitrogens with one attached hydrogen (secondary N) is 2. The zero-order valence-corrected chi connectivity index (χ0v) is 10.8. The molecule has 1 rings (SSSR count). The van der Waals surface area contributed by atoms with Crippen molar-refractivity contribution < 1.29 is 14.6 Å². The van der Waals surface area contributed by atoms with E-state index in [1.165, 1.54) is 0 Å². The molecule has 0 bridgehead atoms. The van der Waals surface area contributed by atoms with Gasteiger partial charge in [-0.25, -0.2) is 4.79 Å². The molecule has 3 N–H and O–H groups in total. The van der Waals surface area contributed by atoms with E-state index in [2.05, 4.69) is 10.6 Å². The molecule has 0 atom stereocenters. The van der Waals surface area contributed by atoms with Crippen LogP contribution in [-0.4, -0.2) is 42.0 Å². The number of amides is 1. The standard InChI is InChI=1S/C10H20N2O3.ClH/c1-9(2,3)15-8(13)12-5-4-10(14)6-11-7-10;/h11,14H,4-7H2,1-3H3,(H,12,13);1H. The van der Waals surface area contributed by atoms with Gasteiger partial charge >= 0.3 is 6.09 Å². The number of β-amino-alcohol motifs (C(OH)–C–C–N with tert-alkyl or cyclic N) is 1. The van der Waals surface area contributed by atoms with Gasteiger partial charge < -0.3 is 20.5 Å². The first-order valence-electron chi connectivity index (χ1n) is 5.21. The second-order valence-corrected chi connectivity index (χ2v) is 5.01. The van der Waals surface area contributed by atoms with Crippen molar-refractivity contribution in [2.45, 2.75) is 38.4 Å². The van der Waals surface area contributed by atoms with Crippen molar-refractivity contribution in [2.75, 3.05) is 19.6 Å². The lowest BCUT2D eigenvalue weighted by Gasteiger charge is -2.37. The summed E-state index contributed by atoms with van der Waals surface area (Å²) in [6.07, 6.45) is 0.123. The van der Waals surface area contributed by atoms with Crippen LogP contribution in [0.15, 0.2) is 0 Å². The van der Waals surface area contributed by atoms with E-state index >= 15 is 0 Å². The smallest absolute Gasteiger partial charge is 0.407 e. The number of aliphatic hydroxyl groups is 1. The molecule has 0 unspecified atom stereocenters. The van der Waals surface area contributed by atoms with E-state index in [0.29, 0.717) is 26.1 Å². The Labute approximate surface area is 102 Å². The summed E-state index contributed by atoms with van der Waals surface area (Å²) in [4.78, 5) is 11.2. The number of halogens is 1. The summed E-state index contributed by atoms with van der Waals surface area (Å²) in [6.45, 7) is 7.08. The van der Waals surface area contributed by atoms with E-state index in [0.717, 1.165) is 0 Å². The highest BCUT2D eigenvalue weighted by atomic mass is 35.5. The molecule has 0 aromatic heterocycles. The molecule has 16 heavy (non-hydrogen) atoms. The van der Waals surface area contributed by atoms with Crippen LogP contribution < -0.4 is 10.6 Å². The van der Waals surface area contributed by atoms with Crippen LogP contribution in [0.1, 0.15) is 27.2 Å². The van der Waals surface area contributed by atoms with E-state index in [9.17, 15) is 9.90 Å². The number of rotatable bonds is 3. The first-order valence-corrected chi connectivity index (χ1v) is 5.21. The molecular formula is C10H21ClN2O3. The monoisotopic (exact) mass is 252 g/mol. The summed E-state index contributed by atoms with van der Waals surface area (Å²) in [5, 5.41) is 15.3. The van der Waals surface area contributed by atoms with Gasteiger partial charge in [0, 0.05) is 19.6 Å². The van der Waals surface area contributed by atoms with Gasteiger partial charge in [0.05, 0.1) is 5.60 Å².